The molecule has 4 rings (SSSR count). The second-order valence-corrected chi connectivity index (χ2v) is 15.1. The third-order valence-corrected chi connectivity index (χ3v) is 11.8. The van der Waals surface area contributed by atoms with Crippen molar-refractivity contribution in [1.29, 1.82) is 0 Å². The smallest absolute Gasteiger partial charge is 0.147 e. The van der Waals surface area contributed by atoms with E-state index in [1.54, 1.807) is 0 Å². The van der Waals surface area contributed by atoms with Crippen LogP contribution in [0.4, 0.5) is 11.4 Å². The Morgan fingerprint density at radius 3 is 2.37 bits per heavy atom. The highest BCUT2D eigenvalue weighted by Gasteiger charge is 2.65. The molecule has 6 atom stereocenters. The first-order chi connectivity index (χ1) is 19.9. The lowest BCUT2D eigenvalue weighted by Crippen LogP contribution is -2.61. The molecule has 234 valence electrons. The largest absolute Gasteiger partial charge is 0.505 e. The highest BCUT2D eigenvalue weighted by atomic mass is 16.3. The van der Waals surface area contributed by atoms with E-state index in [1.807, 2.05) is 6.08 Å². The fourth-order valence-electron chi connectivity index (χ4n) is 10.3. The van der Waals surface area contributed by atoms with Crippen molar-refractivity contribution < 1.29 is 5.11 Å². The van der Waals surface area contributed by atoms with Gasteiger partial charge in [0.15, 0.2) is 0 Å². The summed E-state index contributed by atoms with van der Waals surface area (Å²) in [6.45, 7) is 38.6. The minimum Gasteiger partial charge on any atom is -0.505 e. The molecular formula is C39H57N3O. The number of nitrogens with one attached hydrogen (secondary N) is 1. The molecule has 0 heterocycles. The van der Waals surface area contributed by atoms with E-state index < -0.39 is 0 Å². The molecule has 0 spiro atoms. The van der Waals surface area contributed by atoms with Crippen LogP contribution in [-0.4, -0.2) is 19.2 Å². The second-order valence-electron chi connectivity index (χ2n) is 15.1. The molecule has 1 aromatic rings. The first kappa shape index (κ1) is 32.8. The Balaban J connectivity index is 1.96. The number of rotatable bonds is 9. The third kappa shape index (κ3) is 4.71. The lowest BCUT2D eigenvalue weighted by molar-refractivity contribution is -0.0829. The van der Waals surface area contributed by atoms with E-state index in [1.165, 1.54) is 22.3 Å². The topological polar surface area (TPSA) is 61.5 Å². The molecule has 43 heavy (non-hydrogen) atoms. The number of benzene rings is 1. The molecule has 0 radical (unpaired) electrons. The molecular weight excluding hydrogens is 526 g/mol. The van der Waals surface area contributed by atoms with E-state index in [2.05, 4.69) is 98.6 Å². The Hall–Kier alpha value is -3.14. The van der Waals surface area contributed by atoms with Gasteiger partial charge in [-0.3, -0.25) is 0 Å². The van der Waals surface area contributed by atoms with E-state index in [9.17, 15) is 5.11 Å². The van der Waals surface area contributed by atoms with Gasteiger partial charge < -0.3 is 21.1 Å². The summed E-state index contributed by atoms with van der Waals surface area (Å²) in [4.78, 5) is 2.16. The fourth-order valence-corrected chi connectivity index (χ4v) is 10.3. The average Bonchev–Trinajstić information content (AvgIpc) is 2.87. The minimum absolute atomic E-state index is 0.0469. The zero-order valence-electron chi connectivity index (χ0n) is 28.5. The number of allylic oxidation sites excluding steroid dienone is 6. The molecule has 0 aromatic heterocycles. The first-order valence-corrected chi connectivity index (χ1v) is 16.1. The summed E-state index contributed by atoms with van der Waals surface area (Å²) in [6, 6.07) is 2.08. The van der Waals surface area contributed by atoms with Crippen LogP contribution in [0, 0.1) is 39.9 Å². The summed E-state index contributed by atoms with van der Waals surface area (Å²) in [5.74, 6) is 1.54. The van der Waals surface area contributed by atoms with E-state index >= 15 is 0 Å². The van der Waals surface area contributed by atoms with E-state index in [0.717, 1.165) is 54.6 Å². The van der Waals surface area contributed by atoms with E-state index in [4.69, 9.17) is 18.9 Å². The van der Waals surface area contributed by atoms with Crippen molar-refractivity contribution in [3.8, 4) is 5.75 Å². The van der Waals surface area contributed by atoms with E-state index in [-0.39, 0.29) is 27.9 Å². The Bertz CT molecular complexity index is 1430. The van der Waals surface area contributed by atoms with Gasteiger partial charge in [-0.2, -0.15) is 0 Å². The fraction of sp³-hybridized carbons (Fsp3) is 0.538. The van der Waals surface area contributed by atoms with Crippen molar-refractivity contribution in [2.45, 2.75) is 80.6 Å². The molecule has 4 heteroatoms. The minimum atomic E-state index is -0.300. The third-order valence-electron chi connectivity index (χ3n) is 11.8. The van der Waals surface area contributed by atoms with Crippen LogP contribution in [0.2, 0.25) is 0 Å². The summed E-state index contributed by atoms with van der Waals surface area (Å²) < 4.78 is 0. The number of aromatic hydroxyl groups is 1. The van der Waals surface area contributed by atoms with Gasteiger partial charge >= 0.3 is 0 Å². The SMILES string of the molecule is C=CCCCC(=C)Nc1cc(N(C)C)c2c(c1O)C(=C)C1=C(C)[C@]3(C)C(=C)C(C(=C)N)C(C)[C@@H](C(C)C)[C@]3(C)C[C@]1(C)C2. The van der Waals surface area contributed by atoms with Gasteiger partial charge in [0, 0.05) is 48.1 Å². The Morgan fingerprint density at radius 1 is 1.21 bits per heavy atom. The molecule has 4 nitrogen and oxygen atoms in total. The summed E-state index contributed by atoms with van der Waals surface area (Å²) in [5, 5.41) is 15.3. The van der Waals surface area contributed by atoms with Crippen molar-refractivity contribution >= 4 is 16.9 Å². The monoisotopic (exact) mass is 583 g/mol. The molecule has 1 aromatic carbocycles. The van der Waals surface area contributed by atoms with Gasteiger partial charge in [-0.25, -0.2) is 0 Å². The van der Waals surface area contributed by atoms with Gasteiger partial charge in [0.25, 0.3) is 0 Å². The molecule has 3 aliphatic carbocycles. The molecule has 1 saturated carbocycles. The number of phenolic OH excluding ortho intramolecular Hbond substituents is 1. The van der Waals surface area contributed by atoms with Crippen LogP contribution in [0.3, 0.4) is 0 Å². The number of hydrogen-bond acceptors (Lipinski definition) is 4. The normalized spacial score (nSPS) is 31.7. The van der Waals surface area contributed by atoms with Crippen molar-refractivity contribution in [2.24, 2.45) is 45.7 Å². The summed E-state index contributed by atoms with van der Waals surface area (Å²) in [5.41, 5.74) is 16.1. The van der Waals surface area contributed by atoms with Gasteiger partial charge in [-0.15, -0.1) is 6.58 Å². The Kier molecular flexibility index (Phi) is 8.45. The summed E-state index contributed by atoms with van der Waals surface area (Å²) in [7, 11) is 4.16. The van der Waals surface area contributed by atoms with Crippen LogP contribution in [0.25, 0.3) is 5.57 Å². The number of fused-ring (bicyclic) bond motifs is 3. The van der Waals surface area contributed by atoms with Crippen molar-refractivity contribution in [3.05, 3.63) is 84.3 Å². The number of nitrogens with two attached hydrogens (primary N) is 1. The van der Waals surface area contributed by atoms with Crippen molar-refractivity contribution in [2.75, 3.05) is 24.3 Å². The highest BCUT2D eigenvalue weighted by molar-refractivity contribution is 5.93. The predicted molar refractivity (Wildman–Crippen MR) is 187 cm³/mol. The van der Waals surface area contributed by atoms with Gasteiger partial charge in [-0.05, 0) is 90.4 Å². The maximum Gasteiger partial charge on any atom is 0.147 e. The highest BCUT2D eigenvalue weighted by Crippen LogP contribution is 2.74. The predicted octanol–water partition coefficient (Wildman–Crippen LogP) is 9.62. The van der Waals surface area contributed by atoms with Crippen LogP contribution in [0.1, 0.15) is 85.3 Å². The van der Waals surface area contributed by atoms with Crippen LogP contribution < -0.4 is 16.0 Å². The van der Waals surface area contributed by atoms with Crippen LogP contribution in [-0.2, 0) is 6.42 Å². The van der Waals surface area contributed by atoms with Gasteiger partial charge in [0.2, 0.25) is 0 Å². The maximum absolute atomic E-state index is 11.9. The second kappa shape index (κ2) is 11.1. The van der Waals surface area contributed by atoms with Crippen LogP contribution in [0.5, 0.6) is 5.75 Å². The summed E-state index contributed by atoms with van der Waals surface area (Å²) in [6.07, 6.45) is 6.47. The molecule has 0 amide bonds. The first-order valence-electron chi connectivity index (χ1n) is 16.1. The lowest BCUT2D eigenvalue weighted by atomic mass is 9.36. The Labute approximate surface area is 262 Å². The van der Waals surface area contributed by atoms with Gasteiger partial charge in [-0.1, -0.05) is 85.1 Å². The van der Waals surface area contributed by atoms with Crippen molar-refractivity contribution in [1.82, 2.24) is 0 Å². The lowest BCUT2D eigenvalue weighted by Gasteiger charge is -2.68. The van der Waals surface area contributed by atoms with E-state index in [0.29, 0.717) is 29.1 Å². The molecule has 0 bridgehead atoms. The number of nitrogens with zero attached hydrogens (tertiary/aromatic N) is 1. The number of hydrogen-bond donors (Lipinski definition) is 3. The Morgan fingerprint density at radius 2 is 1.84 bits per heavy atom. The van der Waals surface area contributed by atoms with Crippen LogP contribution >= 0.6 is 0 Å². The number of unbranched alkanes of at least 4 members (excludes halogenated alkanes) is 1. The zero-order valence-corrected chi connectivity index (χ0v) is 28.5. The molecule has 0 saturated heterocycles. The molecule has 1 fully saturated rings. The molecule has 0 aliphatic heterocycles. The van der Waals surface area contributed by atoms with Crippen molar-refractivity contribution in [3.63, 3.8) is 0 Å². The standard InChI is InChI=1S/C39H57N3O/c1-15-16-17-18-23(4)41-30-19-31(42(13)14)29-20-37(10)21-38(11)34(22(2)3)24(5)32(28(9)40)26(7)39(38,12)27(8)35(37)25(6)33(29)36(30)43/h15,19,22,24,32,34,41,43H,1,4,6-7,9,16-18,20-21,40H2,2-3,5,8,10-14H3/t24?,32?,34-,37+,38+,39+/m1/s1. The quantitative estimate of drug-likeness (QED) is 0.154. The van der Waals surface area contributed by atoms with Crippen LogP contribution in [0.15, 0.2) is 73.2 Å². The molecule has 3 aliphatic rings. The number of phenols is 1. The molecule has 2 unspecified atom stereocenters. The maximum atomic E-state index is 11.9. The zero-order chi connectivity index (χ0) is 32.4. The summed E-state index contributed by atoms with van der Waals surface area (Å²) >= 11 is 0. The molecule has 4 N–H and O–H groups in total. The van der Waals surface area contributed by atoms with Gasteiger partial charge in [0.05, 0.1) is 5.69 Å². The van der Waals surface area contributed by atoms with Gasteiger partial charge in [0.1, 0.15) is 5.75 Å². The number of anilines is 2. The average molecular weight is 584 g/mol.